The molecule has 4 atom stereocenters. The number of ether oxygens (including phenoxy) is 1. The summed E-state index contributed by atoms with van der Waals surface area (Å²) in [6, 6.07) is 19.2. The van der Waals surface area contributed by atoms with E-state index in [4.69, 9.17) is 41.8 Å². The standard InChI is InChI=1S/C28H66O11Si7.C18H23NO2Si.H2O/c1-22(2)15-40-31-43(18-25(7)8)33-41(29,16-23(3)4)35-45(20-27(11)12)36-42(30,17-24(5)6)34-44(32-40,19-26(9)10)38-46(37-43,39-45)21-28(13)14;1-19(2)16-8-4-14(5-9-16)18(20)15-6-10-17(11-7-15)21-12-3-13-22;/h22-30,40H,15-21H2,1-14H3;4-11H,3,12-13H2,1-2,22H3;1H2. The molecule has 4 unspecified atom stereocenters. The third-order valence-electron chi connectivity index (χ3n) is 11.0. The molecule has 0 amide bonds. The van der Waals surface area contributed by atoms with Crippen LogP contribution in [0.3, 0.4) is 0 Å². The molecule has 2 aromatic carbocycles. The summed E-state index contributed by atoms with van der Waals surface area (Å²) in [7, 11) is -21.2. The van der Waals surface area contributed by atoms with Gasteiger partial charge in [-0.25, -0.2) is 0 Å². The first kappa shape index (κ1) is 62.3. The van der Waals surface area contributed by atoms with Crippen LogP contribution in [0.1, 0.15) is 119 Å². The molecule has 5 rings (SSSR count). The Hall–Kier alpha value is -1.03. The van der Waals surface area contributed by atoms with E-state index in [0.29, 0.717) is 41.3 Å². The smallest absolute Gasteiger partial charge is 0.483 e. The number of hydrogen-bond acceptors (Lipinski definition) is 14. The van der Waals surface area contributed by atoms with Gasteiger partial charge in [-0.05, 0) is 102 Å². The first-order valence-corrected chi connectivity index (χ1v) is 40.2. The number of nitrogens with zero attached hydrogens (tertiary/aromatic N) is 1. The molecule has 4 bridgehead atoms. The molecule has 69 heavy (non-hydrogen) atoms. The number of fused-ring (bicyclic) bond motifs is 3. The van der Waals surface area contributed by atoms with Gasteiger partial charge in [-0.1, -0.05) is 103 Å². The van der Waals surface area contributed by atoms with Crippen LogP contribution in [0.15, 0.2) is 48.5 Å². The molecule has 2 aromatic rings. The minimum atomic E-state index is -4.13. The lowest BCUT2D eigenvalue weighted by Gasteiger charge is -2.57. The van der Waals surface area contributed by atoms with Gasteiger partial charge in [0.2, 0.25) is 0 Å². The Morgan fingerprint density at radius 3 is 1.26 bits per heavy atom. The van der Waals surface area contributed by atoms with E-state index in [-0.39, 0.29) is 64.8 Å². The highest BCUT2D eigenvalue weighted by Crippen LogP contribution is 2.48. The number of benzene rings is 2. The van der Waals surface area contributed by atoms with Crippen LogP contribution in [-0.4, -0.2) is 114 Å². The monoisotopic (exact) mass is 1110 g/mol. The number of rotatable bonds is 21. The highest BCUT2D eigenvalue weighted by Gasteiger charge is 2.75. The maximum absolute atomic E-state index is 12.6. The van der Waals surface area contributed by atoms with Crippen molar-refractivity contribution in [2.75, 3.05) is 25.6 Å². The lowest BCUT2D eigenvalue weighted by Crippen LogP contribution is -2.81. The first-order valence-electron chi connectivity index (χ1n) is 25.3. The minimum absolute atomic E-state index is 0. The Morgan fingerprint density at radius 2 is 0.899 bits per heavy atom. The fraction of sp³-hybridized carbons (Fsp3) is 0.717. The second-order valence-electron chi connectivity index (χ2n) is 22.3. The second-order valence-corrected chi connectivity index (χ2v) is 42.9. The molecule has 15 nitrogen and oxygen atoms in total. The molecule has 3 aliphatic heterocycles. The topological polar surface area (TPSA) is 185 Å². The van der Waals surface area contributed by atoms with E-state index < -0.39 is 62.1 Å². The normalized spacial score (nSPS) is 29.4. The van der Waals surface area contributed by atoms with Crippen LogP contribution in [-0.2, 0) is 37.0 Å². The summed E-state index contributed by atoms with van der Waals surface area (Å²) in [4.78, 5) is 39.7. The Labute approximate surface area is 427 Å². The van der Waals surface area contributed by atoms with Crippen molar-refractivity contribution >= 4 is 83.8 Å². The number of anilines is 1. The minimum Gasteiger partial charge on any atom is -0.494 e. The van der Waals surface area contributed by atoms with Gasteiger partial charge in [0.1, 0.15) is 5.75 Å². The van der Waals surface area contributed by atoms with Crippen LogP contribution < -0.4 is 9.64 Å². The summed E-state index contributed by atoms with van der Waals surface area (Å²) in [5.74, 6) is 1.60. The summed E-state index contributed by atoms with van der Waals surface area (Å²) in [5.41, 5.74) is 2.47. The van der Waals surface area contributed by atoms with E-state index >= 15 is 0 Å². The van der Waals surface area contributed by atoms with E-state index in [1.807, 2.05) is 95.2 Å². The molecule has 3 heterocycles. The summed E-state index contributed by atoms with van der Waals surface area (Å²) in [6.07, 6.45) is 1.10. The summed E-state index contributed by atoms with van der Waals surface area (Å²) < 4.78 is 70.2. The highest BCUT2D eigenvalue weighted by atomic mass is 28.6. The van der Waals surface area contributed by atoms with E-state index in [1.165, 1.54) is 16.3 Å². The fourth-order valence-corrected chi connectivity index (χ4v) is 47.3. The lowest BCUT2D eigenvalue weighted by atomic mass is 10.0. The van der Waals surface area contributed by atoms with Crippen LogP contribution in [0.5, 0.6) is 5.75 Å². The molecule has 0 saturated carbocycles. The number of ketones is 1. The summed E-state index contributed by atoms with van der Waals surface area (Å²) in [5, 5.41) is 0. The van der Waals surface area contributed by atoms with Crippen molar-refractivity contribution in [1.29, 1.82) is 0 Å². The van der Waals surface area contributed by atoms with E-state index in [2.05, 4.69) is 69.2 Å². The molecule has 3 fully saturated rings. The molecule has 3 aliphatic rings. The van der Waals surface area contributed by atoms with E-state index in [1.54, 1.807) is 0 Å². The third kappa shape index (κ3) is 19.0. The van der Waals surface area contributed by atoms with Gasteiger partial charge in [0.15, 0.2) is 5.78 Å². The molecule has 23 heteroatoms. The van der Waals surface area contributed by atoms with Crippen molar-refractivity contribution in [2.24, 2.45) is 41.4 Å². The molecule has 4 N–H and O–H groups in total. The molecule has 396 valence electrons. The van der Waals surface area contributed by atoms with Gasteiger partial charge in [0, 0.05) is 77.4 Å². The Morgan fingerprint density at radius 1 is 0.551 bits per heavy atom. The number of carbonyl (C=O) groups is 1. The molecular formula is C46H91NO14Si8. The zero-order valence-electron chi connectivity index (χ0n) is 45.1. The van der Waals surface area contributed by atoms with Gasteiger partial charge < -0.3 is 61.7 Å². The van der Waals surface area contributed by atoms with Crippen molar-refractivity contribution in [3.8, 4) is 5.75 Å². The van der Waals surface area contributed by atoms with Gasteiger partial charge in [-0.3, -0.25) is 4.79 Å². The van der Waals surface area contributed by atoms with Crippen LogP contribution in [0.2, 0.25) is 48.4 Å². The largest absolute Gasteiger partial charge is 0.494 e. The summed E-state index contributed by atoms with van der Waals surface area (Å²) in [6.45, 7) is 29.9. The second kappa shape index (κ2) is 26.4. The zero-order chi connectivity index (χ0) is 50.9. The molecule has 0 spiro atoms. The first-order chi connectivity index (χ1) is 31.6. The summed E-state index contributed by atoms with van der Waals surface area (Å²) >= 11 is 0. The zero-order valence-corrected chi connectivity index (χ0v) is 54.3. The van der Waals surface area contributed by atoms with Crippen molar-refractivity contribution in [1.82, 2.24) is 0 Å². The van der Waals surface area contributed by atoms with Gasteiger partial charge >= 0.3 is 62.1 Å². The van der Waals surface area contributed by atoms with E-state index in [0.717, 1.165) is 24.5 Å². The Kier molecular flexibility index (Phi) is 23.9. The lowest BCUT2D eigenvalue weighted by molar-refractivity contribution is 0.0165. The van der Waals surface area contributed by atoms with Crippen LogP contribution >= 0.6 is 0 Å². The molecule has 0 aromatic heterocycles. The van der Waals surface area contributed by atoms with Crippen LogP contribution in [0.4, 0.5) is 5.69 Å². The molecular weight excluding hydrogens is 1020 g/mol. The fourth-order valence-electron chi connectivity index (χ4n) is 8.72. The van der Waals surface area contributed by atoms with Crippen molar-refractivity contribution in [3.63, 3.8) is 0 Å². The van der Waals surface area contributed by atoms with Gasteiger partial charge in [0.25, 0.3) is 0 Å². The predicted octanol–water partition coefficient (Wildman–Crippen LogP) is 8.32. The maximum atomic E-state index is 12.6. The Balaban J connectivity index is 0.000000457. The van der Waals surface area contributed by atoms with Gasteiger partial charge in [-0.15, -0.1) is 0 Å². The van der Waals surface area contributed by atoms with Crippen molar-refractivity contribution in [3.05, 3.63) is 59.7 Å². The SMILES string of the molecule is CC(C)C[SiH]1O[Si]2(CC(C)C)O[Si](O)(CC(C)C)O[Si]3(CC(C)C)O[Si](O)(CC(C)C)O[Si](CC(C)C)(O1)O[Si](CC(C)C)(O2)O3.CN(C)c1ccc(C(=O)c2ccc(OCCC[SiH3])cc2)cc1.O. The van der Waals surface area contributed by atoms with Crippen molar-refractivity contribution in [2.45, 2.75) is 152 Å². The Bertz CT molecular complexity index is 1810. The molecule has 3 saturated heterocycles. The third-order valence-corrected chi connectivity index (χ3v) is 43.5. The van der Waals surface area contributed by atoms with Crippen LogP contribution in [0, 0.1) is 41.4 Å². The quantitative estimate of drug-likeness (QED) is 0.0691. The van der Waals surface area contributed by atoms with Gasteiger partial charge in [-0.2, -0.15) is 0 Å². The average molecular weight is 1110 g/mol. The van der Waals surface area contributed by atoms with Gasteiger partial charge in [0.05, 0.1) is 6.61 Å². The average Bonchev–Trinajstić information content (AvgIpc) is 3.14. The van der Waals surface area contributed by atoms with Crippen LogP contribution in [0.25, 0.3) is 0 Å². The molecule has 0 radical (unpaired) electrons. The van der Waals surface area contributed by atoms with E-state index in [9.17, 15) is 14.4 Å². The molecule has 0 aliphatic carbocycles. The predicted molar refractivity (Wildman–Crippen MR) is 293 cm³/mol. The number of carbonyl (C=O) groups excluding carboxylic acids is 1. The van der Waals surface area contributed by atoms with Crippen molar-refractivity contribution < 1.29 is 61.6 Å². The highest BCUT2D eigenvalue weighted by molar-refractivity contribution is 6.97. The number of hydrogen-bond donors (Lipinski definition) is 2. The maximum Gasteiger partial charge on any atom is 0.483 e.